The maximum Gasteiger partial charge on any atom is 0.292 e. The zero-order valence-corrected chi connectivity index (χ0v) is 11.6. The summed E-state index contributed by atoms with van der Waals surface area (Å²) in [4.78, 5) is 14.1. The van der Waals surface area contributed by atoms with Gasteiger partial charge in [-0.15, -0.1) is 0 Å². The van der Waals surface area contributed by atoms with Crippen LogP contribution < -0.4 is 0 Å². The van der Waals surface area contributed by atoms with Crippen molar-refractivity contribution in [3.05, 3.63) is 41.9 Å². The Morgan fingerprint density at radius 2 is 2.29 bits per heavy atom. The van der Waals surface area contributed by atoms with Crippen LogP contribution in [0.1, 0.15) is 17.5 Å². The number of amides is 1. The van der Waals surface area contributed by atoms with E-state index in [9.17, 15) is 9.18 Å². The maximum absolute atomic E-state index is 13.2. The fraction of sp³-hybridized carbons (Fsp3) is 0.333. The number of hydrogen-bond acceptors (Lipinski definition) is 4. The van der Waals surface area contributed by atoms with Crippen molar-refractivity contribution in [1.82, 2.24) is 10.1 Å². The fourth-order valence-electron chi connectivity index (χ4n) is 2.33. The second kappa shape index (κ2) is 5.65. The zero-order chi connectivity index (χ0) is 14.8. The lowest BCUT2D eigenvalue weighted by atomic mass is 10.1. The monoisotopic (exact) mass is 290 g/mol. The van der Waals surface area contributed by atoms with Gasteiger partial charge in [-0.1, -0.05) is 17.3 Å². The van der Waals surface area contributed by atoms with Gasteiger partial charge in [0.15, 0.2) is 0 Å². The molecule has 1 aliphatic heterocycles. The van der Waals surface area contributed by atoms with Crippen molar-refractivity contribution in [3.63, 3.8) is 0 Å². The Balaban J connectivity index is 1.83. The van der Waals surface area contributed by atoms with Crippen LogP contribution in [0.5, 0.6) is 0 Å². The molecule has 110 valence electrons. The van der Waals surface area contributed by atoms with Crippen LogP contribution in [0.2, 0.25) is 0 Å². The van der Waals surface area contributed by atoms with Crippen LogP contribution in [0.4, 0.5) is 4.39 Å². The average Bonchev–Trinajstić information content (AvgIpc) is 2.97. The Bertz CT molecular complexity index is 656. The van der Waals surface area contributed by atoms with Crippen molar-refractivity contribution in [1.29, 1.82) is 0 Å². The molecule has 1 aliphatic rings. The average molecular weight is 290 g/mol. The van der Waals surface area contributed by atoms with Crippen molar-refractivity contribution >= 4 is 5.91 Å². The summed E-state index contributed by atoms with van der Waals surface area (Å²) in [5, 5.41) is 3.85. The number of nitrogens with zero attached hydrogens (tertiary/aromatic N) is 2. The first-order valence-corrected chi connectivity index (χ1v) is 6.76. The van der Waals surface area contributed by atoms with Crippen molar-refractivity contribution < 1.29 is 18.4 Å². The normalized spacial score (nSPS) is 18.8. The lowest BCUT2D eigenvalue weighted by Gasteiger charge is -2.32. The number of carbonyl (C=O) groups excluding carboxylic acids is 1. The summed E-state index contributed by atoms with van der Waals surface area (Å²) < 4.78 is 23.6. The quantitative estimate of drug-likeness (QED) is 0.852. The fourth-order valence-corrected chi connectivity index (χ4v) is 2.33. The molecule has 2 heterocycles. The van der Waals surface area contributed by atoms with Crippen LogP contribution in [0.3, 0.4) is 0 Å². The van der Waals surface area contributed by atoms with E-state index in [4.69, 9.17) is 9.26 Å². The molecule has 1 amide bonds. The van der Waals surface area contributed by atoms with E-state index in [0.29, 0.717) is 31.0 Å². The Morgan fingerprint density at radius 3 is 3.05 bits per heavy atom. The highest BCUT2D eigenvalue weighted by atomic mass is 19.1. The van der Waals surface area contributed by atoms with E-state index in [2.05, 4.69) is 5.16 Å². The standard InChI is InChI=1S/C15H15FN2O3/c1-10-9-20-6-5-18(10)15(19)14-8-13(17-21-14)11-3-2-4-12(16)7-11/h2-4,7-8,10H,5-6,9H2,1H3/t10-/m1/s1. The van der Waals surface area contributed by atoms with E-state index < -0.39 is 0 Å². The van der Waals surface area contributed by atoms with Gasteiger partial charge in [0.05, 0.1) is 19.3 Å². The molecule has 0 aliphatic carbocycles. The summed E-state index contributed by atoms with van der Waals surface area (Å²) in [6.45, 7) is 3.47. The van der Waals surface area contributed by atoms with E-state index in [0.717, 1.165) is 0 Å². The molecular weight excluding hydrogens is 275 g/mol. The Hall–Kier alpha value is -2.21. The van der Waals surface area contributed by atoms with Gasteiger partial charge in [-0.05, 0) is 19.1 Å². The largest absolute Gasteiger partial charge is 0.377 e. The minimum Gasteiger partial charge on any atom is -0.377 e. The Kier molecular flexibility index (Phi) is 3.70. The van der Waals surface area contributed by atoms with Crippen molar-refractivity contribution in [2.75, 3.05) is 19.8 Å². The molecule has 0 spiro atoms. The minimum atomic E-state index is -0.356. The summed E-state index contributed by atoms with van der Waals surface area (Å²) in [6, 6.07) is 7.54. The van der Waals surface area contributed by atoms with E-state index in [1.165, 1.54) is 12.1 Å². The second-order valence-corrected chi connectivity index (χ2v) is 5.01. The maximum atomic E-state index is 13.2. The van der Waals surface area contributed by atoms with Gasteiger partial charge in [-0.25, -0.2) is 4.39 Å². The molecule has 0 unspecified atom stereocenters. The van der Waals surface area contributed by atoms with E-state index in [1.807, 2.05) is 6.92 Å². The van der Waals surface area contributed by atoms with Crippen LogP contribution in [0, 0.1) is 5.82 Å². The van der Waals surface area contributed by atoms with E-state index in [1.54, 1.807) is 23.1 Å². The van der Waals surface area contributed by atoms with Gasteiger partial charge in [-0.2, -0.15) is 0 Å². The summed E-state index contributed by atoms with van der Waals surface area (Å²) in [5.74, 6) is -0.422. The van der Waals surface area contributed by atoms with Crippen molar-refractivity contribution in [2.45, 2.75) is 13.0 Å². The number of rotatable bonds is 2. The molecule has 0 saturated carbocycles. The van der Waals surface area contributed by atoms with Gasteiger partial charge in [0.2, 0.25) is 5.76 Å². The lowest BCUT2D eigenvalue weighted by Crippen LogP contribution is -2.47. The number of halogens is 1. The van der Waals surface area contributed by atoms with Crippen molar-refractivity contribution in [2.24, 2.45) is 0 Å². The molecule has 0 N–H and O–H groups in total. The SMILES string of the molecule is C[C@@H]1COCCN1C(=O)c1cc(-c2cccc(F)c2)no1. The molecule has 0 bridgehead atoms. The summed E-state index contributed by atoms with van der Waals surface area (Å²) in [5.41, 5.74) is 1.02. The summed E-state index contributed by atoms with van der Waals surface area (Å²) in [7, 11) is 0. The molecule has 1 aromatic carbocycles. The molecule has 21 heavy (non-hydrogen) atoms. The zero-order valence-electron chi connectivity index (χ0n) is 11.6. The molecule has 1 saturated heterocycles. The van der Waals surface area contributed by atoms with Gasteiger partial charge in [0, 0.05) is 18.2 Å². The van der Waals surface area contributed by atoms with E-state index in [-0.39, 0.29) is 23.5 Å². The minimum absolute atomic E-state index is 0.00558. The predicted molar refractivity (Wildman–Crippen MR) is 73.2 cm³/mol. The molecule has 1 fully saturated rings. The lowest BCUT2D eigenvalue weighted by molar-refractivity contribution is 0.00155. The van der Waals surface area contributed by atoms with Gasteiger partial charge in [0.25, 0.3) is 5.91 Å². The Morgan fingerprint density at radius 1 is 1.43 bits per heavy atom. The van der Waals surface area contributed by atoms with Crippen LogP contribution in [0.15, 0.2) is 34.9 Å². The molecule has 5 nitrogen and oxygen atoms in total. The number of carbonyl (C=O) groups is 1. The molecule has 2 aromatic rings. The second-order valence-electron chi connectivity index (χ2n) is 5.01. The highest BCUT2D eigenvalue weighted by Gasteiger charge is 2.27. The molecule has 1 atom stereocenters. The van der Waals surface area contributed by atoms with Gasteiger partial charge in [0.1, 0.15) is 11.5 Å². The third kappa shape index (κ3) is 2.80. The van der Waals surface area contributed by atoms with E-state index >= 15 is 0 Å². The molecule has 1 aromatic heterocycles. The molecule has 0 radical (unpaired) electrons. The van der Waals surface area contributed by atoms with Gasteiger partial charge in [-0.3, -0.25) is 4.79 Å². The topological polar surface area (TPSA) is 55.6 Å². The number of ether oxygens (including phenoxy) is 1. The molecule has 3 rings (SSSR count). The first-order valence-electron chi connectivity index (χ1n) is 6.76. The molecular formula is C15H15FN2O3. The Labute approximate surface area is 121 Å². The number of morpholine rings is 1. The van der Waals surface area contributed by atoms with Crippen LogP contribution in [-0.2, 0) is 4.74 Å². The first kappa shape index (κ1) is 13.8. The number of aromatic nitrogens is 1. The van der Waals surface area contributed by atoms with Gasteiger partial charge < -0.3 is 14.2 Å². The van der Waals surface area contributed by atoms with Crippen LogP contribution in [-0.4, -0.2) is 41.8 Å². The smallest absolute Gasteiger partial charge is 0.292 e. The van der Waals surface area contributed by atoms with Crippen LogP contribution in [0.25, 0.3) is 11.3 Å². The first-order chi connectivity index (χ1) is 10.1. The van der Waals surface area contributed by atoms with Crippen LogP contribution >= 0.6 is 0 Å². The predicted octanol–water partition coefficient (Wildman–Crippen LogP) is 2.34. The summed E-state index contributed by atoms with van der Waals surface area (Å²) in [6.07, 6.45) is 0. The highest BCUT2D eigenvalue weighted by Crippen LogP contribution is 2.21. The third-order valence-corrected chi connectivity index (χ3v) is 3.47. The van der Waals surface area contributed by atoms with Crippen molar-refractivity contribution in [3.8, 4) is 11.3 Å². The number of hydrogen-bond donors (Lipinski definition) is 0. The van der Waals surface area contributed by atoms with Gasteiger partial charge >= 0.3 is 0 Å². The highest BCUT2D eigenvalue weighted by molar-refractivity contribution is 5.92. The summed E-state index contributed by atoms with van der Waals surface area (Å²) >= 11 is 0. The molecule has 6 heteroatoms. The number of benzene rings is 1. The third-order valence-electron chi connectivity index (χ3n) is 3.47.